The van der Waals surface area contributed by atoms with E-state index in [0.717, 1.165) is 0 Å². The largest absolute Gasteiger partial charge is 0.388 e. The van der Waals surface area contributed by atoms with Gasteiger partial charge in [-0.05, 0) is 18.6 Å². The molecule has 1 nitrogen and oxygen atoms in total. The average molecular weight is 181 g/mol. The molecule has 0 aliphatic heterocycles. The molecule has 1 heteroatoms. The second kappa shape index (κ2) is 11.0. The van der Waals surface area contributed by atoms with Crippen LogP contribution >= 0.6 is 0 Å². The number of benzene rings is 1. The molecule has 0 atom stereocenters. The van der Waals surface area contributed by atoms with Crippen LogP contribution in [0.2, 0.25) is 0 Å². The Morgan fingerprint density at radius 3 is 1.69 bits per heavy atom. The Labute approximate surface area is 83.2 Å². The van der Waals surface area contributed by atoms with Crippen molar-refractivity contribution in [1.82, 2.24) is 0 Å². The quantitative estimate of drug-likeness (QED) is 0.688. The van der Waals surface area contributed by atoms with E-state index in [2.05, 4.69) is 24.4 Å². The fraction of sp³-hybridized carbons (Fsp3) is 0.500. The molecule has 1 N–H and O–H groups in total. The van der Waals surface area contributed by atoms with Crippen LogP contribution in [-0.2, 0) is 0 Å². The Balaban J connectivity index is 0. The summed E-state index contributed by atoms with van der Waals surface area (Å²) in [6.07, 6.45) is 0. The zero-order valence-electron chi connectivity index (χ0n) is 9.81. The normalized spacial score (nSPS) is 7.23. The smallest absolute Gasteiger partial charge is 0.0367 e. The zero-order chi connectivity index (χ0) is 10.7. The fourth-order valence-electron chi connectivity index (χ4n) is 0.853. The molecular weight excluding hydrogens is 158 g/mol. The molecule has 0 aliphatic rings. The van der Waals surface area contributed by atoms with E-state index in [1.54, 1.807) is 0 Å². The summed E-state index contributed by atoms with van der Waals surface area (Å²) in [5.74, 6) is 0. The Morgan fingerprint density at radius 1 is 0.923 bits per heavy atom. The van der Waals surface area contributed by atoms with Crippen LogP contribution in [0.5, 0.6) is 0 Å². The number of aryl methyl sites for hydroxylation is 1. The van der Waals surface area contributed by atoms with E-state index >= 15 is 0 Å². The van der Waals surface area contributed by atoms with Crippen molar-refractivity contribution in [3.05, 3.63) is 29.8 Å². The summed E-state index contributed by atoms with van der Waals surface area (Å²) < 4.78 is 0. The van der Waals surface area contributed by atoms with E-state index < -0.39 is 0 Å². The summed E-state index contributed by atoms with van der Waals surface area (Å²) in [7, 11) is 1.93. The molecule has 13 heavy (non-hydrogen) atoms. The maximum Gasteiger partial charge on any atom is 0.0367 e. The van der Waals surface area contributed by atoms with Crippen molar-refractivity contribution >= 4 is 5.69 Å². The molecule has 1 rings (SSSR count). The van der Waals surface area contributed by atoms with Gasteiger partial charge in [-0.15, -0.1) is 0 Å². The summed E-state index contributed by atoms with van der Waals surface area (Å²) in [6.45, 7) is 10.1. The second-order valence-corrected chi connectivity index (χ2v) is 2.06. The summed E-state index contributed by atoms with van der Waals surface area (Å²) in [4.78, 5) is 0. The van der Waals surface area contributed by atoms with Gasteiger partial charge in [-0.3, -0.25) is 0 Å². The van der Waals surface area contributed by atoms with Gasteiger partial charge in [-0.2, -0.15) is 0 Å². The van der Waals surface area contributed by atoms with Crippen molar-refractivity contribution in [1.29, 1.82) is 0 Å². The molecule has 76 valence electrons. The van der Waals surface area contributed by atoms with Gasteiger partial charge in [0.2, 0.25) is 0 Å². The molecule has 0 heterocycles. The summed E-state index contributed by atoms with van der Waals surface area (Å²) in [5, 5.41) is 3.10. The fourth-order valence-corrected chi connectivity index (χ4v) is 0.853. The van der Waals surface area contributed by atoms with Crippen LogP contribution in [0.25, 0.3) is 0 Å². The van der Waals surface area contributed by atoms with Crippen molar-refractivity contribution in [2.75, 3.05) is 12.4 Å². The highest BCUT2D eigenvalue weighted by molar-refractivity contribution is 5.49. The van der Waals surface area contributed by atoms with E-state index in [1.807, 2.05) is 46.9 Å². The SMILES string of the molecule is CC.CC.CNc1ccccc1C. The van der Waals surface area contributed by atoms with Gasteiger partial charge in [0.15, 0.2) is 0 Å². The minimum absolute atomic E-state index is 1.21. The summed E-state index contributed by atoms with van der Waals surface area (Å²) in [5.41, 5.74) is 2.50. The molecule has 0 aliphatic carbocycles. The highest BCUT2D eigenvalue weighted by Gasteiger charge is 1.88. The van der Waals surface area contributed by atoms with E-state index in [1.165, 1.54) is 11.3 Å². The van der Waals surface area contributed by atoms with Crippen molar-refractivity contribution in [3.8, 4) is 0 Å². The lowest BCUT2D eigenvalue weighted by molar-refractivity contribution is 1.41. The number of para-hydroxylation sites is 1. The predicted octanol–water partition coefficient (Wildman–Crippen LogP) is 4.09. The highest BCUT2D eigenvalue weighted by atomic mass is 14.8. The molecule has 0 bridgehead atoms. The Hall–Kier alpha value is -0.980. The first-order valence-electron chi connectivity index (χ1n) is 5.08. The van der Waals surface area contributed by atoms with Crippen molar-refractivity contribution in [2.45, 2.75) is 34.6 Å². The van der Waals surface area contributed by atoms with Gasteiger partial charge in [0, 0.05) is 12.7 Å². The van der Waals surface area contributed by atoms with Crippen LogP contribution < -0.4 is 5.32 Å². The topological polar surface area (TPSA) is 12.0 Å². The van der Waals surface area contributed by atoms with Gasteiger partial charge in [0.1, 0.15) is 0 Å². The average Bonchev–Trinajstić information content (AvgIpc) is 2.24. The number of hydrogen-bond acceptors (Lipinski definition) is 1. The third-order valence-corrected chi connectivity index (χ3v) is 1.41. The van der Waals surface area contributed by atoms with Crippen molar-refractivity contribution in [3.63, 3.8) is 0 Å². The molecule has 1 aromatic rings. The van der Waals surface area contributed by atoms with Gasteiger partial charge >= 0.3 is 0 Å². The van der Waals surface area contributed by atoms with Crippen LogP contribution in [0, 0.1) is 6.92 Å². The van der Waals surface area contributed by atoms with Crippen LogP contribution in [-0.4, -0.2) is 7.05 Å². The van der Waals surface area contributed by atoms with Crippen LogP contribution in [0.15, 0.2) is 24.3 Å². The molecule has 0 aromatic heterocycles. The second-order valence-electron chi connectivity index (χ2n) is 2.06. The van der Waals surface area contributed by atoms with Crippen molar-refractivity contribution < 1.29 is 0 Å². The molecule has 1 aromatic carbocycles. The monoisotopic (exact) mass is 181 g/mol. The summed E-state index contributed by atoms with van der Waals surface area (Å²) >= 11 is 0. The minimum atomic E-state index is 1.21. The number of hydrogen-bond donors (Lipinski definition) is 1. The number of rotatable bonds is 1. The first-order chi connectivity index (χ1) is 6.34. The van der Waals surface area contributed by atoms with Gasteiger partial charge in [-0.1, -0.05) is 45.9 Å². The zero-order valence-corrected chi connectivity index (χ0v) is 9.81. The molecule has 0 radical (unpaired) electrons. The minimum Gasteiger partial charge on any atom is -0.388 e. The van der Waals surface area contributed by atoms with Crippen molar-refractivity contribution in [2.24, 2.45) is 0 Å². The van der Waals surface area contributed by atoms with E-state index in [4.69, 9.17) is 0 Å². The van der Waals surface area contributed by atoms with Crippen LogP contribution in [0.3, 0.4) is 0 Å². The van der Waals surface area contributed by atoms with E-state index in [9.17, 15) is 0 Å². The predicted molar refractivity (Wildman–Crippen MR) is 63.4 cm³/mol. The lowest BCUT2D eigenvalue weighted by Crippen LogP contribution is -1.89. The molecule has 0 fully saturated rings. The first-order valence-corrected chi connectivity index (χ1v) is 5.08. The first kappa shape index (κ1) is 14.5. The molecule has 0 unspecified atom stereocenters. The van der Waals surface area contributed by atoms with Crippen LogP contribution in [0.1, 0.15) is 33.3 Å². The lowest BCUT2D eigenvalue weighted by atomic mass is 10.2. The Morgan fingerprint density at radius 2 is 1.38 bits per heavy atom. The molecule has 0 saturated carbocycles. The molecular formula is C12H23N. The maximum atomic E-state index is 3.10. The molecule has 0 spiro atoms. The third kappa shape index (κ3) is 6.21. The summed E-state index contributed by atoms with van der Waals surface area (Å²) in [6, 6.07) is 8.22. The number of nitrogens with one attached hydrogen (secondary N) is 1. The molecule has 0 saturated heterocycles. The third-order valence-electron chi connectivity index (χ3n) is 1.41. The maximum absolute atomic E-state index is 3.10. The Kier molecular flexibility index (Phi) is 12.3. The van der Waals surface area contributed by atoms with Gasteiger partial charge < -0.3 is 5.32 Å². The van der Waals surface area contributed by atoms with Crippen LogP contribution in [0.4, 0.5) is 5.69 Å². The van der Waals surface area contributed by atoms with Gasteiger partial charge in [-0.25, -0.2) is 0 Å². The number of anilines is 1. The molecule has 0 amide bonds. The highest BCUT2D eigenvalue weighted by Crippen LogP contribution is 2.10. The van der Waals surface area contributed by atoms with Gasteiger partial charge in [0.25, 0.3) is 0 Å². The van der Waals surface area contributed by atoms with E-state index in [0.29, 0.717) is 0 Å². The lowest BCUT2D eigenvalue weighted by Gasteiger charge is -2.01. The van der Waals surface area contributed by atoms with E-state index in [-0.39, 0.29) is 0 Å². The van der Waals surface area contributed by atoms with Gasteiger partial charge in [0.05, 0.1) is 0 Å². The standard InChI is InChI=1S/C8H11N.2C2H6/c1-7-5-3-4-6-8(7)9-2;2*1-2/h3-6,9H,1-2H3;2*1-2H3. The Bertz CT molecular complexity index is 194.